The summed E-state index contributed by atoms with van der Waals surface area (Å²) in [4.78, 5) is 12.7. The summed E-state index contributed by atoms with van der Waals surface area (Å²) in [6.45, 7) is 5.88. The molecule has 0 unspecified atom stereocenters. The van der Waals surface area contributed by atoms with Crippen molar-refractivity contribution >= 4 is 22.9 Å². The minimum absolute atomic E-state index is 0.0483. The number of aryl methyl sites for hydroxylation is 1. The van der Waals surface area contributed by atoms with E-state index in [4.69, 9.17) is 9.47 Å². The molecule has 0 saturated carbocycles. The highest BCUT2D eigenvalue weighted by Gasteiger charge is 2.11. The molecular weight excluding hydrogens is 516 g/mol. The fourth-order valence-electron chi connectivity index (χ4n) is 4.86. The number of carbonyl (C=O) groups is 1. The van der Waals surface area contributed by atoms with Crippen LogP contribution in [-0.4, -0.2) is 19.6 Å². The monoisotopic (exact) mass is 565 g/mol. The number of anilines is 1. The Morgan fingerprint density at radius 1 is 0.825 bits per heavy atom. The van der Waals surface area contributed by atoms with Gasteiger partial charge in [0.2, 0.25) is 11.4 Å². The van der Waals surface area contributed by atoms with Crippen molar-refractivity contribution in [2.45, 2.75) is 104 Å². The molecule has 1 aromatic heterocycles. The predicted octanol–water partition coefficient (Wildman–Crippen LogP) is 8.66. The summed E-state index contributed by atoms with van der Waals surface area (Å²) in [5.74, 6) is 1.37. The second-order valence-electron chi connectivity index (χ2n) is 10.8. The maximum Gasteiger partial charge on any atom is 0.228 e. The molecule has 0 radical (unpaired) electrons. The number of unbranched alkanes of at least 4 members (excludes halogenated alkanes) is 11. The van der Waals surface area contributed by atoms with E-state index in [2.05, 4.69) is 46.8 Å². The van der Waals surface area contributed by atoms with Gasteiger partial charge in [-0.05, 0) is 36.2 Å². The standard InChI is InChI=1S/C34H48N2O3S/c1-4-5-6-7-8-9-10-11-12-13-14-15-22-39-33-23-30(18-21-32(33)38-3)24-34(37)35-31-19-16-29(17-20-31)25-36-27-40-26-28(36)2/h16-21,23,26-27H,4-15,22,24-25H2,1-3H3/p+1. The van der Waals surface area contributed by atoms with E-state index in [1.165, 1.54) is 81.9 Å². The molecule has 0 atom stereocenters. The molecule has 3 aromatic rings. The number of hydrogen-bond donors (Lipinski definition) is 1. The molecule has 0 saturated heterocycles. The summed E-state index contributed by atoms with van der Waals surface area (Å²) >= 11 is 1.70. The zero-order valence-electron chi connectivity index (χ0n) is 24.9. The van der Waals surface area contributed by atoms with Crippen LogP contribution in [0, 0.1) is 6.92 Å². The third kappa shape index (κ3) is 11.7. The first-order valence-electron chi connectivity index (χ1n) is 15.2. The van der Waals surface area contributed by atoms with E-state index < -0.39 is 0 Å². The second-order valence-corrected chi connectivity index (χ2v) is 11.5. The molecule has 1 heterocycles. The number of nitrogens with one attached hydrogen (secondary N) is 1. The molecule has 0 spiro atoms. The van der Waals surface area contributed by atoms with E-state index in [0.29, 0.717) is 18.1 Å². The summed E-state index contributed by atoms with van der Waals surface area (Å²) in [7, 11) is 1.65. The van der Waals surface area contributed by atoms with Gasteiger partial charge < -0.3 is 14.8 Å². The van der Waals surface area contributed by atoms with Crippen LogP contribution in [0.25, 0.3) is 0 Å². The molecule has 40 heavy (non-hydrogen) atoms. The van der Waals surface area contributed by atoms with Crippen molar-refractivity contribution in [3.05, 3.63) is 70.2 Å². The van der Waals surface area contributed by atoms with Gasteiger partial charge in [-0.3, -0.25) is 4.79 Å². The van der Waals surface area contributed by atoms with Crippen molar-refractivity contribution < 1.29 is 18.8 Å². The topological polar surface area (TPSA) is 51.4 Å². The van der Waals surface area contributed by atoms with E-state index in [9.17, 15) is 4.79 Å². The smallest absolute Gasteiger partial charge is 0.228 e. The normalized spacial score (nSPS) is 11.0. The van der Waals surface area contributed by atoms with Crippen molar-refractivity contribution in [2.75, 3.05) is 19.0 Å². The van der Waals surface area contributed by atoms with Crippen LogP contribution in [0.4, 0.5) is 5.69 Å². The Bertz CT molecular complexity index is 1130. The number of thiazole rings is 1. The van der Waals surface area contributed by atoms with Crippen LogP contribution >= 0.6 is 11.3 Å². The van der Waals surface area contributed by atoms with Gasteiger partial charge in [-0.1, -0.05) is 107 Å². The summed E-state index contributed by atoms with van der Waals surface area (Å²) < 4.78 is 13.8. The molecule has 0 aliphatic carbocycles. The lowest BCUT2D eigenvalue weighted by molar-refractivity contribution is -0.689. The van der Waals surface area contributed by atoms with Gasteiger partial charge in [-0.25, -0.2) is 0 Å². The number of amides is 1. The highest BCUT2D eigenvalue weighted by molar-refractivity contribution is 7.07. The Hall–Kier alpha value is -2.86. The summed E-state index contributed by atoms with van der Waals surface area (Å²) in [6.07, 6.45) is 16.1. The third-order valence-electron chi connectivity index (χ3n) is 7.32. The number of benzene rings is 2. The number of aromatic nitrogens is 1. The zero-order chi connectivity index (χ0) is 28.4. The van der Waals surface area contributed by atoms with Crippen molar-refractivity contribution in [3.63, 3.8) is 0 Å². The van der Waals surface area contributed by atoms with E-state index in [0.717, 1.165) is 24.2 Å². The zero-order valence-corrected chi connectivity index (χ0v) is 25.7. The van der Waals surface area contributed by atoms with Crippen molar-refractivity contribution in [1.29, 1.82) is 0 Å². The summed E-state index contributed by atoms with van der Waals surface area (Å²) in [5.41, 5.74) is 6.28. The van der Waals surface area contributed by atoms with Gasteiger partial charge in [0.05, 0.1) is 25.5 Å². The molecule has 1 N–H and O–H groups in total. The number of methoxy groups -OCH3 is 1. The fraction of sp³-hybridized carbons (Fsp3) is 0.529. The first kappa shape index (κ1) is 31.7. The third-order valence-corrected chi connectivity index (χ3v) is 8.17. The van der Waals surface area contributed by atoms with Crippen LogP contribution in [0.15, 0.2) is 53.4 Å². The summed E-state index contributed by atoms with van der Waals surface area (Å²) in [5, 5.41) is 5.16. The lowest BCUT2D eigenvalue weighted by Gasteiger charge is -2.13. The molecule has 0 bridgehead atoms. The van der Waals surface area contributed by atoms with E-state index in [1.54, 1.807) is 18.4 Å². The highest BCUT2D eigenvalue weighted by Crippen LogP contribution is 2.29. The van der Waals surface area contributed by atoms with Crippen molar-refractivity contribution in [2.24, 2.45) is 0 Å². The van der Waals surface area contributed by atoms with E-state index in [1.807, 2.05) is 30.3 Å². The molecule has 2 aromatic carbocycles. The second kappa shape index (κ2) is 18.5. The lowest BCUT2D eigenvalue weighted by atomic mass is 10.1. The maximum atomic E-state index is 12.7. The fourth-order valence-corrected chi connectivity index (χ4v) is 5.65. The quantitative estimate of drug-likeness (QED) is 0.110. The Kier molecular flexibility index (Phi) is 14.6. The van der Waals surface area contributed by atoms with E-state index >= 15 is 0 Å². The molecule has 5 nitrogen and oxygen atoms in total. The molecule has 3 rings (SSSR count). The maximum absolute atomic E-state index is 12.7. The number of nitrogens with zero attached hydrogens (tertiary/aromatic N) is 1. The van der Waals surface area contributed by atoms with Crippen LogP contribution in [-0.2, 0) is 17.8 Å². The molecular formula is C34H49N2O3S+. The van der Waals surface area contributed by atoms with Crippen LogP contribution < -0.4 is 19.4 Å². The largest absolute Gasteiger partial charge is 0.493 e. The van der Waals surface area contributed by atoms with Gasteiger partial charge in [0.1, 0.15) is 0 Å². The molecule has 0 fully saturated rings. The molecule has 1 amide bonds. The van der Waals surface area contributed by atoms with Crippen LogP contribution in [0.2, 0.25) is 0 Å². The molecule has 6 heteroatoms. The predicted molar refractivity (Wildman–Crippen MR) is 167 cm³/mol. The molecule has 218 valence electrons. The molecule has 0 aliphatic heterocycles. The average molecular weight is 566 g/mol. The van der Waals surface area contributed by atoms with Crippen LogP contribution in [0.3, 0.4) is 0 Å². The number of rotatable bonds is 20. The van der Waals surface area contributed by atoms with Crippen LogP contribution in [0.5, 0.6) is 11.5 Å². The minimum atomic E-state index is -0.0483. The Labute approximate surface area is 245 Å². The van der Waals surface area contributed by atoms with Crippen LogP contribution in [0.1, 0.15) is 101 Å². The van der Waals surface area contributed by atoms with Gasteiger partial charge in [0.25, 0.3) is 0 Å². The van der Waals surface area contributed by atoms with Gasteiger partial charge in [0, 0.05) is 18.2 Å². The Morgan fingerprint density at radius 3 is 2.05 bits per heavy atom. The minimum Gasteiger partial charge on any atom is -0.493 e. The lowest BCUT2D eigenvalue weighted by Crippen LogP contribution is -2.34. The van der Waals surface area contributed by atoms with Gasteiger partial charge in [0.15, 0.2) is 23.7 Å². The average Bonchev–Trinajstić information content (AvgIpc) is 3.36. The Balaban J connectivity index is 1.34. The van der Waals surface area contributed by atoms with Gasteiger partial charge in [-0.15, -0.1) is 0 Å². The molecule has 0 aliphatic rings. The SMILES string of the molecule is CCCCCCCCCCCCCCOc1cc(CC(=O)Nc2ccc(C[n+]3cscc3C)cc2)ccc1OC. The first-order valence-corrected chi connectivity index (χ1v) is 16.1. The number of ether oxygens (including phenoxy) is 2. The first-order chi connectivity index (χ1) is 19.6. The highest BCUT2D eigenvalue weighted by atomic mass is 32.1. The number of carbonyl (C=O) groups excluding carboxylic acids is 1. The number of hydrogen-bond acceptors (Lipinski definition) is 4. The van der Waals surface area contributed by atoms with E-state index in [-0.39, 0.29) is 12.3 Å². The Morgan fingerprint density at radius 2 is 1.45 bits per heavy atom. The van der Waals surface area contributed by atoms with Crippen molar-refractivity contribution in [3.8, 4) is 11.5 Å². The summed E-state index contributed by atoms with van der Waals surface area (Å²) in [6, 6.07) is 13.8. The van der Waals surface area contributed by atoms with Gasteiger partial charge >= 0.3 is 0 Å². The van der Waals surface area contributed by atoms with Gasteiger partial charge in [-0.2, -0.15) is 4.57 Å². The van der Waals surface area contributed by atoms with Crippen molar-refractivity contribution in [1.82, 2.24) is 0 Å².